The van der Waals surface area contributed by atoms with Crippen molar-refractivity contribution in [1.29, 1.82) is 0 Å². The topological polar surface area (TPSA) is 151 Å². The maximum atomic E-state index is 12.4. The van der Waals surface area contributed by atoms with Crippen molar-refractivity contribution in [2.45, 2.75) is 31.6 Å². The summed E-state index contributed by atoms with van der Waals surface area (Å²) in [7, 11) is 0. The van der Waals surface area contributed by atoms with Crippen LogP contribution in [0.25, 0.3) is 0 Å². The lowest BCUT2D eigenvalue weighted by Gasteiger charge is -2.35. The first-order valence-corrected chi connectivity index (χ1v) is 9.91. The normalized spacial score (nSPS) is 21.3. The number of aryl methyl sites for hydroxylation is 2. The summed E-state index contributed by atoms with van der Waals surface area (Å²) in [6.45, 7) is 3.63. The fourth-order valence-corrected chi connectivity index (χ4v) is 3.48. The third-order valence-corrected chi connectivity index (χ3v) is 5.15. The average Bonchev–Trinajstić information content (AvgIpc) is 3.08. The zero-order chi connectivity index (χ0) is 21.0. The van der Waals surface area contributed by atoms with Gasteiger partial charge in [-0.15, -0.1) is 11.8 Å². The molecule has 3 atom stereocenters. The van der Waals surface area contributed by atoms with E-state index in [-0.39, 0.29) is 11.7 Å². The van der Waals surface area contributed by atoms with Gasteiger partial charge in [-0.2, -0.15) is 0 Å². The minimum absolute atomic E-state index is 0.0525. The molecule has 0 aliphatic carbocycles. The lowest BCUT2D eigenvalue weighted by Crippen LogP contribution is -2.70. The Kier molecular flexibility index (Phi) is 6.52. The number of benzene rings is 1. The molecule has 3 rings (SSSR count). The van der Waals surface area contributed by atoms with Crippen molar-refractivity contribution in [3.8, 4) is 0 Å². The van der Waals surface area contributed by atoms with Crippen molar-refractivity contribution < 1.29 is 18.9 Å². The number of nitrogens with zero attached hydrogens (tertiary/aromatic N) is 1. The predicted octanol–water partition coefficient (Wildman–Crippen LogP) is 0.0495. The Labute approximate surface area is 171 Å². The number of carbonyl (C=O) groups excluding carboxylic acids is 3. The zero-order valence-electron chi connectivity index (χ0n) is 15.9. The molecule has 0 radical (unpaired) electrons. The van der Waals surface area contributed by atoms with E-state index < -0.39 is 29.5 Å². The van der Waals surface area contributed by atoms with Crippen molar-refractivity contribution in [3.05, 3.63) is 47.2 Å². The summed E-state index contributed by atoms with van der Waals surface area (Å²) >= 11 is 1.15. The van der Waals surface area contributed by atoms with Crippen LogP contribution < -0.4 is 27.0 Å². The molecule has 1 saturated heterocycles. The van der Waals surface area contributed by atoms with Gasteiger partial charge in [-0.25, -0.2) is 0 Å². The van der Waals surface area contributed by atoms with E-state index in [4.69, 9.17) is 10.3 Å². The van der Waals surface area contributed by atoms with Crippen LogP contribution in [0.5, 0.6) is 0 Å². The number of amides is 3. The number of anilines is 1. The van der Waals surface area contributed by atoms with Gasteiger partial charge in [0.25, 0.3) is 5.91 Å². The molecule has 3 unspecified atom stereocenters. The van der Waals surface area contributed by atoms with Crippen LogP contribution in [0, 0.1) is 13.8 Å². The highest BCUT2D eigenvalue weighted by Gasteiger charge is 2.35. The van der Waals surface area contributed by atoms with Gasteiger partial charge in [0.2, 0.25) is 11.8 Å². The second-order valence-corrected chi connectivity index (χ2v) is 7.67. The van der Waals surface area contributed by atoms with E-state index in [2.05, 4.69) is 26.4 Å². The molecule has 1 aliphatic heterocycles. The van der Waals surface area contributed by atoms with Gasteiger partial charge in [-0.3, -0.25) is 19.7 Å². The summed E-state index contributed by atoms with van der Waals surface area (Å²) in [6.07, 6.45) is -0.808. The Bertz CT molecular complexity index is 900. The van der Waals surface area contributed by atoms with Gasteiger partial charge < -0.3 is 26.2 Å². The zero-order valence-corrected chi connectivity index (χ0v) is 16.7. The summed E-state index contributed by atoms with van der Waals surface area (Å²) in [4.78, 5) is 36.7. The van der Waals surface area contributed by atoms with Gasteiger partial charge in [-0.05, 0) is 26.0 Å². The second-order valence-electron chi connectivity index (χ2n) is 6.58. The lowest BCUT2D eigenvalue weighted by molar-refractivity contribution is -0.125. The molecule has 1 aliphatic rings. The van der Waals surface area contributed by atoms with Crippen molar-refractivity contribution in [2.75, 3.05) is 11.1 Å². The monoisotopic (exact) mass is 418 g/mol. The second kappa shape index (κ2) is 9.07. The SMILES string of the molecule is Cc1ccc(C(=O)NC2C(=O)NC(SCC(=O)Nc3cc(C)on3)NC2N)cc1. The largest absolute Gasteiger partial charge is 0.360 e. The van der Waals surface area contributed by atoms with Crippen molar-refractivity contribution in [2.24, 2.45) is 5.73 Å². The third-order valence-electron chi connectivity index (χ3n) is 4.14. The van der Waals surface area contributed by atoms with E-state index in [0.717, 1.165) is 17.3 Å². The molecule has 0 saturated carbocycles. The minimum Gasteiger partial charge on any atom is -0.360 e. The maximum absolute atomic E-state index is 12.4. The van der Waals surface area contributed by atoms with E-state index in [1.165, 1.54) is 0 Å². The summed E-state index contributed by atoms with van der Waals surface area (Å²) < 4.78 is 4.88. The van der Waals surface area contributed by atoms with Gasteiger partial charge in [0.05, 0.1) is 11.9 Å². The van der Waals surface area contributed by atoms with Gasteiger partial charge in [0.1, 0.15) is 17.3 Å². The van der Waals surface area contributed by atoms with Crippen LogP contribution in [-0.2, 0) is 9.59 Å². The van der Waals surface area contributed by atoms with E-state index in [1.54, 1.807) is 25.1 Å². The number of hydrogen-bond acceptors (Lipinski definition) is 8. The first kappa shape index (κ1) is 20.8. The predicted molar refractivity (Wildman–Crippen MR) is 108 cm³/mol. The van der Waals surface area contributed by atoms with Gasteiger partial charge in [0, 0.05) is 11.6 Å². The number of aromatic nitrogens is 1. The smallest absolute Gasteiger partial charge is 0.252 e. The van der Waals surface area contributed by atoms with E-state index in [9.17, 15) is 14.4 Å². The summed E-state index contributed by atoms with van der Waals surface area (Å²) in [5.74, 6) is -0.166. The van der Waals surface area contributed by atoms with Crippen LogP contribution in [0.2, 0.25) is 0 Å². The fourth-order valence-electron chi connectivity index (χ4n) is 2.63. The molecule has 6 N–H and O–H groups in total. The van der Waals surface area contributed by atoms with Crippen molar-refractivity contribution >= 4 is 35.3 Å². The number of nitrogens with two attached hydrogens (primary N) is 1. The quantitative estimate of drug-likeness (QED) is 0.441. The Morgan fingerprint density at radius 2 is 2.00 bits per heavy atom. The van der Waals surface area contributed by atoms with Crippen LogP contribution in [0.3, 0.4) is 0 Å². The number of thioether (sulfide) groups is 1. The molecule has 10 nitrogen and oxygen atoms in total. The van der Waals surface area contributed by atoms with Gasteiger partial charge in [-0.1, -0.05) is 22.9 Å². The first-order chi connectivity index (χ1) is 13.8. The van der Waals surface area contributed by atoms with E-state index >= 15 is 0 Å². The molecule has 11 heteroatoms. The molecule has 1 aromatic carbocycles. The molecule has 1 aromatic heterocycles. The number of rotatable bonds is 6. The maximum Gasteiger partial charge on any atom is 0.252 e. The molecular weight excluding hydrogens is 396 g/mol. The molecule has 3 amide bonds. The van der Waals surface area contributed by atoms with Crippen molar-refractivity contribution in [3.63, 3.8) is 0 Å². The van der Waals surface area contributed by atoms with Crippen molar-refractivity contribution in [1.82, 2.24) is 21.1 Å². The minimum atomic E-state index is -0.937. The van der Waals surface area contributed by atoms with Crippen LogP contribution in [-0.4, -0.2) is 46.3 Å². The molecule has 29 heavy (non-hydrogen) atoms. The molecule has 2 aromatic rings. The Morgan fingerprint density at radius 1 is 1.28 bits per heavy atom. The van der Waals surface area contributed by atoms with Crippen LogP contribution in [0.15, 0.2) is 34.9 Å². The van der Waals surface area contributed by atoms with Crippen LogP contribution in [0.4, 0.5) is 5.82 Å². The molecule has 2 heterocycles. The number of hydrogen-bond donors (Lipinski definition) is 5. The number of nitrogens with one attached hydrogen (secondary N) is 4. The van der Waals surface area contributed by atoms with E-state index in [1.807, 2.05) is 19.1 Å². The Morgan fingerprint density at radius 3 is 2.62 bits per heavy atom. The number of carbonyl (C=O) groups is 3. The van der Waals surface area contributed by atoms with E-state index in [0.29, 0.717) is 17.1 Å². The standard InChI is InChI=1S/C18H22N6O4S/c1-9-3-5-11(6-4-9)16(26)21-14-15(19)22-18(23-17(14)27)29-8-13(25)20-12-7-10(2)28-24-12/h3-7,14-15,18,22H,8,19H2,1-2H3,(H,21,26)(H,23,27)(H,20,24,25). The van der Waals surface area contributed by atoms with Gasteiger partial charge >= 0.3 is 0 Å². The lowest BCUT2D eigenvalue weighted by atomic mass is 10.1. The highest BCUT2D eigenvalue weighted by Crippen LogP contribution is 2.13. The fraction of sp³-hybridized carbons (Fsp3) is 0.333. The molecule has 0 spiro atoms. The Hall–Kier alpha value is -2.89. The Balaban J connectivity index is 1.49. The van der Waals surface area contributed by atoms with Gasteiger partial charge in [0.15, 0.2) is 5.82 Å². The average molecular weight is 418 g/mol. The summed E-state index contributed by atoms with van der Waals surface area (Å²) in [5.41, 5.74) is 6.91. The highest BCUT2D eigenvalue weighted by atomic mass is 32.2. The highest BCUT2D eigenvalue weighted by molar-refractivity contribution is 8.00. The molecule has 0 bridgehead atoms. The summed E-state index contributed by atoms with van der Waals surface area (Å²) in [6, 6.07) is 7.64. The molecular formula is C18H22N6O4S. The summed E-state index contributed by atoms with van der Waals surface area (Å²) in [5, 5.41) is 14.6. The molecule has 154 valence electrons. The molecule has 1 fully saturated rings. The van der Waals surface area contributed by atoms with Crippen LogP contribution >= 0.6 is 11.8 Å². The first-order valence-electron chi connectivity index (χ1n) is 8.86. The third kappa shape index (κ3) is 5.56. The van der Waals surface area contributed by atoms with Crippen LogP contribution in [0.1, 0.15) is 21.7 Å².